The minimum atomic E-state index is -0.383. The Balaban J connectivity index is 2.01. The van der Waals surface area contributed by atoms with Gasteiger partial charge in [0.05, 0.1) is 23.5 Å². The highest BCUT2D eigenvalue weighted by Crippen LogP contribution is 2.23. The summed E-state index contributed by atoms with van der Waals surface area (Å²) in [6.45, 7) is 2.89. The van der Waals surface area contributed by atoms with Crippen LogP contribution in [0.15, 0.2) is 35.0 Å². The fourth-order valence-electron chi connectivity index (χ4n) is 1.88. The number of thiophene rings is 1. The highest BCUT2D eigenvalue weighted by atomic mass is 32.1. The molecule has 20 heavy (non-hydrogen) atoms. The molecule has 0 bridgehead atoms. The fraction of sp³-hybridized carbons (Fsp3) is 0.267. The van der Waals surface area contributed by atoms with E-state index < -0.39 is 0 Å². The summed E-state index contributed by atoms with van der Waals surface area (Å²) in [5, 5.41) is 7.45. The molecule has 106 valence electrons. The van der Waals surface area contributed by atoms with Crippen LogP contribution in [0.1, 0.15) is 22.8 Å². The highest BCUT2D eigenvalue weighted by Gasteiger charge is 2.13. The van der Waals surface area contributed by atoms with Crippen molar-refractivity contribution in [2.45, 2.75) is 13.3 Å². The molecule has 5 heteroatoms. The zero-order valence-electron chi connectivity index (χ0n) is 11.4. The van der Waals surface area contributed by atoms with Crippen LogP contribution in [-0.2, 0) is 11.2 Å². The molecule has 0 fully saturated rings. The molecule has 0 amide bonds. The molecule has 0 aliphatic carbocycles. The third kappa shape index (κ3) is 3.51. The van der Waals surface area contributed by atoms with Gasteiger partial charge >= 0.3 is 5.97 Å². The molecular formula is C15H18N2O2S. The zero-order valence-corrected chi connectivity index (χ0v) is 12.2. The van der Waals surface area contributed by atoms with E-state index in [1.807, 2.05) is 6.07 Å². The molecule has 0 saturated carbocycles. The second-order valence-electron chi connectivity index (χ2n) is 4.30. The van der Waals surface area contributed by atoms with Crippen LogP contribution >= 0.6 is 11.3 Å². The van der Waals surface area contributed by atoms with Gasteiger partial charge in [-0.1, -0.05) is 6.07 Å². The van der Waals surface area contributed by atoms with E-state index in [4.69, 9.17) is 10.5 Å². The van der Waals surface area contributed by atoms with Gasteiger partial charge in [-0.15, -0.1) is 0 Å². The van der Waals surface area contributed by atoms with E-state index in [0.717, 1.165) is 18.7 Å². The minimum Gasteiger partial charge on any atom is -0.462 e. The average Bonchev–Trinajstić information content (AvgIpc) is 2.94. The van der Waals surface area contributed by atoms with Crippen molar-refractivity contribution in [3.8, 4) is 0 Å². The first-order valence-corrected chi connectivity index (χ1v) is 7.47. The Morgan fingerprint density at radius 2 is 2.25 bits per heavy atom. The molecule has 1 aromatic heterocycles. The summed E-state index contributed by atoms with van der Waals surface area (Å²) in [5.41, 5.74) is 8.93. The number of para-hydroxylation sites is 1. The van der Waals surface area contributed by atoms with Gasteiger partial charge in [-0.3, -0.25) is 0 Å². The average molecular weight is 290 g/mol. The first-order chi connectivity index (χ1) is 9.72. The van der Waals surface area contributed by atoms with Crippen molar-refractivity contribution in [1.29, 1.82) is 0 Å². The van der Waals surface area contributed by atoms with Crippen molar-refractivity contribution in [3.63, 3.8) is 0 Å². The molecule has 0 radical (unpaired) electrons. The summed E-state index contributed by atoms with van der Waals surface area (Å²) >= 11 is 1.69. The largest absolute Gasteiger partial charge is 0.462 e. The number of benzene rings is 1. The first-order valence-electron chi connectivity index (χ1n) is 6.53. The van der Waals surface area contributed by atoms with Crippen molar-refractivity contribution in [1.82, 2.24) is 0 Å². The van der Waals surface area contributed by atoms with Crippen LogP contribution in [-0.4, -0.2) is 19.1 Å². The van der Waals surface area contributed by atoms with Crippen LogP contribution in [0.2, 0.25) is 0 Å². The van der Waals surface area contributed by atoms with E-state index in [-0.39, 0.29) is 5.97 Å². The van der Waals surface area contributed by atoms with Gasteiger partial charge in [-0.2, -0.15) is 11.3 Å². The number of nitrogens with one attached hydrogen (secondary N) is 1. The Morgan fingerprint density at radius 1 is 1.40 bits per heavy atom. The molecule has 0 spiro atoms. The smallest absolute Gasteiger partial charge is 0.340 e. The quantitative estimate of drug-likeness (QED) is 0.633. The van der Waals surface area contributed by atoms with Gasteiger partial charge in [0.25, 0.3) is 0 Å². The van der Waals surface area contributed by atoms with Crippen LogP contribution in [0.4, 0.5) is 11.4 Å². The number of anilines is 2. The summed E-state index contributed by atoms with van der Waals surface area (Å²) in [6.07, 6.45) is 0.923. The van der Waals surface area contributed by atoms with Crippen LogP contribution in [0.5, 0.6) is 0 Å². The number of rotatable bonds is 6. The molecule has 0 atom stereocenters. The number of nitrogens with two attached hydrogens (primary N) is 1. The molecule has 2 rings (SSSR count). The zero-order chi connectivity index (χ0) is 14.4. The Bertz CT molecular complexity index is 567. The molecule has 2 aromatic rings. The Labute approximate surface area is 122 Å². The van der Waals surface area contributed by atoms with Gasteiger partial charge < -0.3 is 15.8 Å². The van der Waals surface area contributed by atoms with Gasteiger partial charge in [-0.25, -0.2) is 4.79 Å². The van der Waals surface area contributed by atoms with Crippen molar-refractivity contribution >= 4 is 28.7 Å². The number of hydrogen-bond donors (Lipinski definition) is 2. The van der Waals surface area contributed by atoms with Gasteiger partial charge in [0.1, 0.15) is 0 Å². The third-order valence-corrected chi connectivity index (χ3v) is 3.64. The molecular weight excluding hydrogens is 272 g/mol. The normalized spacial score (nSPS) is 10.2. The summed E-state index contributed by atoms with van der Waals surface area (Å²) in [4.78, 5) is 11.7. The SMILES string of the molecule is CCOC(=O)c1cccc(NCCc2ccsc2)c1N. The van der Waals surface area contributed by atoms with Crippen molar-refractivity contribution in [2.24, 2.45) is 0 Å². The molecule has 4 nitrogen and oxygen atoms in total. The van der Waals surface area contributed by atoms with Crippen LogP contribution in [0.25, 0.3) is 0 Å². The number of ether oxygens (including phenoxy) is 1. The second kappa shape index (κ2) is 6.96. The number of hydrogen-bond acceptors (Lipinski definition) is 5. The van der Waals surface area contributed by atoms with E-state index in [1.165, 1.54) is 5.56 Å². The molecule has 0 aliphatic heterocycles. The van der Waals surface area contributed by atoms with Crippen LogP contribution < -0.4 is 11.1 Å². The van der Waals surface area contributed by atoms with Crippen molar-refractivity contribution in [3.05, 3.63) is 46.2 Å². The summed E-state index contributed by atoms with van der Waals surface area (Å²) in [5.74, 6) is -0.383. The van der Waals surface area contributed by atoms with Crippen LogP contribution in [0.3, 0.4) is 0 Å². The minimum absolute atomic E-state index is 0.341. The number of esters is 1. The Hall–Kier alpha value is -2.01. The maximum Gasteiger partial charge on any atom is 0.340 e. The monoisotopic (exact) mass is 290 g/mol. The molecule has 0 aliphatic rings. The number of nitrogen functional groups attached to an aromatic ring is 1. The lowest BCUT2D eigenvalue weighted by molar-refractivity contribution is 0.0527. The number of carbonyl (C=O) groups excluding carboxylic acids is 1. The van der Waals surface area contributed by atoms with Gasteiger partial charge in [0.15, 0.2) is 0 Å². The van der Waals surface area contributed by atoms with E-state index in [2.05, 4.69) is 22.1 Å². The van der Waals surface area contributed by atoms with Crippen molar-refractivity contribution < 1.29 is 9.53 Å². The van der Waals surface area contributed by atoms with Gasteiger partial charge in [-0.05, 0) is 47.9 Å². The summed E-state index contributed by atoms with van der Waals surface area (Å²) in [6, 6.07) is 7.45. The Kier molecular flexibility index (Phi) is 5.01. The first kappa shape index (κ1) is 14.4. The lowest BCUT2D eigenvalue weighted by Gasteiger charge is -2.12. The molecule has 0 saturated heterocycles. The summed E-state index contributed by atoms with van der Waals surface area (Å²) < 4.78 is 4.98. The maximum atomic E-state index is 11.7. The van der Waals surface area contributed by atoms with E-state index in [9.17, 15) is 4.79 Å². The Morgan fingerprint density at radius 3 is 2.95 bits per heavy atom. The molecule has 0 unspecified atom stereocenters. The van der Waals surface area contributed by atoms with E-state index in [0.29, 0.717) is 17.9 Å². The van der Waals surface area contributed by atoms with Gasteiger partial charge in [0, 0.05) is 6.54 Å². The second-order valence-corrected chi connectivity index (χ2v) is 5.08. The third-order valence-electron chi connectivity index (χ3n) is 2.91. The predicted molar refractivity (Wildman–Crippen MR) is 83.3 cm³/mol. The fourth-order valence-corrected chi connectivity index (χ4v) is 2.59. The van der Waals surface area contributed by atoms with Gasteiger partial charge in [0.2, 0.25) is 0 Å². The molecule has 3 N–H and O–H groups in total. The van der Waals surface area contributed by atoms with E-state index in [1.54, 1.807) is 30.4 Å². The van der Waals surface area contributed by atoms with Crippen LogP contribution in [0, 0.1) is 0 Å². The van der Waals surface area contributed by atoms with E-state index >= 15 is 0 Å². The lowest BCUT2D eigenvalue weighted by atomic mass is 10.1. The predicted octanol–water partition coefficient (Wildman–Crippen LogP) is 3.16. The standard InChI is InChI=1S/C15H18N2O2S/c1-2-19-15(18)12-4-3-5-13(14(12)16)17-8-6-11-7-9-20-10-11/h3-5,7,9-10,17H,2,6,8,16H2,1H3. The molecule has 1 aromatic carbocycles. The maximum absolute atomic E-state index is 11.7. The molecule has 1 heterocycles. The topological polar surface area (TPSA) is 64.3 Å². The lowest BCUT2D eigenvalue weighted by Crippen LogP contribution is -2.12. The number of carbonyl (C=O) groups is 1. The highest BCUT2D eigenvalue weighted by molar-refractivity contribution is 7.07. The van der Waals surface area contributed by atoms with Crippen molar-refractivity contribution in [2.75, 3.05) is 24.2 Å². The summed E-state index contributed by atoms with van der Waals surface area (Å²) in [7, 11) is 0.